The fraction of sp³-hybridized carbons (Fsp3) is 0.174. The summed E-state index contributed by atoms with van der Waals surface area (Å²) < 4.78 is 7.32. The Kier molecular flexibility index (Phi) is 7.34. The van der Waals surface area contributed by atoms with Crippen molar-refractivity contribution >= 4 is 49.1 Å². The Morgan fingerprint density at radius 1 is 0.966 bits per heavy atom. The zero-order valence-electron chi connectivity index (χ0n) is 16.3. The Hall–Kier alpha value is -2.31. The van der Waals surface area contributed by atoms with Gasteiger partial charge in [-0.05, 0) is 92.7 Å². The SMILES string of the molecule is Cc1cccc(NC(=O)COc2c(Br)cc(CNc3ccccc3C)cc2Br)c1. The molecule has 4 nitrogen and oxygen atoms in total. The number of anilines is 2. The maximum absolute atomic E-state index is 12.2. The molecule has 0 aromatic heterocycles. The molecule has 0 aliphatic carbocycles. The minimum Gasteiger partial charge on any atom is -0.481 e. The molecule has 3 rings (SSSR count). The first-order valence-corrected chi connectivity index (χ1v) is 10.8. The van der Waals surface area contributed by atoms with E-state index in [9.17, 15) is 4.79 Å². The number of nitrogens with one attached hydrogen (secondary N) is 2. The van der Waals surface area contributed by atoms with Gasteiger partial charge in [0.1, 0.15) is 5.75 Å². The Labute approximate surface area is 187 Å². The molecule has 0 heterocycles. The van der Waals surface area contributed by atoms with Gasteiger partial charge in [-0.1, -0.05) is 30.3 Å². The molecule has 150 valence electrons. The number of benzene rings is 3. The first-order valence-electron chi connectivity index (χ1n) is 9.19. The van der Waals surface area contributed by atoms with Crippen molar-refractivity contribution in [3.8, 4) is 5.75 Å². The number of amides is 1. The summed E-state index contributed by atoms with van der Waals surface area (Å²) in [6.07, 6.45) is 0. The van der Waals surface area contributed by atoms with Crippen molar-refractivity contribution in [3.63, 3.8) is 0 Å². The van der Waals surface area contributed by atoms with E-state index in [1.54, 1.807) is 0 Å². The fourth-order valence-electron chi connectivity index (χ4n) is 2.88. The highest BCUT2D eigenvalue weighted by atomic mass is 79.9. The number of rotatable bonds is 7. The Bertz CT molecular complexity index is 998. The molecule has 1 amide bonds. The lowest BCUT2D eigenvalue weighted by atomic mass is 10.1. The van der Waals surface area contributed by atoms with Crippen molar-refractivity contribution in [3.05, 3.63) is 86.3 Å². The maximum atomic E-state index is 12.2. The van der Waals surface area contributed by atoms with E-state index in [0.717, 1.165) is 31.4 Å². The van der Waals surface area contributed by atoms with Gasteiger partial charge in [0.15, 0.2) is 6.61 Å². The molecular weight excluding hydrogens is 496 g/mol. The van der Waals surface area contributed by atoms with Crippen LogP contribution in [0.25, 0.3) is 0 Å². The quantitative estimate of drug-likeness (QED) is 0.378. The summed E-state index contributed by atoms with van der Waals surface area (Å²) in [4.78, 5) is 12.2. The smallest absolute Gasteiger partial charge is 0.262 e. The number of ether oxygens (including phenoxy) is 1. The van der Waals surface area contributed by atoms with Crippen LogP contribution >= 0.6 is 31.9 Å². The van der Waals surface area contributed by atoms with Crippen molar-refractivity contribution in [2.45, 2.75) is 20.4 Å². The van der Waals surface area contributed by atoms with E-state index in [4.69, 9.17) is 4.74 Å². The van der Waals surface area contributed by atoms with Gasteiger partial charge in [0, 0.05) is 17.9 Å². The normalized spacial score (nSPS) is 10.5. The summed E-state index contributed by atoms with van der Waals surface area (Å²) in [5.74, 6) is 0.392. The topological polar surface area (TPSA) is 50.4 Å². The van der Waals surface area contributed by atoms with Crippen LogP contribution in [0.2, 0.25) is 0 Å². The molecule has 2 N–H and O–H groups in total. The van der Waals surface area contributed by atoms with E-state index in [2.05, 4.69) is 61.5 Å². The summed E-state index contributed by atoms with van der Waals surface area (Å²) in [6.45, 7) is 4.66. The van der Waals surface area contributed by atoms with Crippen molar-refractivity contribution in [1.29, 1.82) is 0 Å². The lowest BCUT2D eigenvalue weighted by Gasteiger charge is -2.14. The largest absolute Gasteiger partial charge is 0.481 e. The highest BCUT2D eigenvalue weighted by Crippen LogP contribution is 2.35. The average molecular weight is 518 g/mol. The van der Waals surface area contributed by atoms with Crippen LogP contribution in [0.3, 0.4) is 0 Å². The van der Waals surface area contributed by atoms with E-state index in [1.807, 2.05) is 55.5 Å². The number of hydrogen-bond donors (Lipinski definition) is 2. The van der Waals surface area contributed by atoms with E-state index in [-0.39, 0.29) is 12.5 Å². The van der Waals surface area contributed by atoms with Crippen LogP contribution in [0, 0.1) is 13.8 Å². The molecule has 3 aromatic carbocycles. The lowest BCUT2D eigenvalue weighted by Crippen LogP contribution is -2.20. The van der Waals surface area contributed by atoms with Crippen LogP contribution in [0.1, 0.15) is 16.7 Å². The lowest BCUT2D eigenvalue weighted by molar-refractivity contribution is -0.118. The van der Waals surface area contributed by atoms with Gasteiger partial charge in [-0.3, -0.25) is 4.79 Å². The molecule has 0 bridgehead atoms. The number of carbonyl (C=O) groups excluding carboxylic acids is 1. The molecule has 0 aliphatic rings. The van der Waals surface area contributed by atoms with Crippen molar-refractivity contribution in [2.24, 2.45) is 0 Å². The van der Waals surface area contributed by atoms with Crippen LogP contribution in [-0.2, 0) is 11.3 Å². The molecule has 0 fully saturated rings. The van der Waals surface area contributed by atoms with E-state index >= 15 is 0 Å². The number of aryl methyl sites for hydroxylation is 2. The first kappa shape index (κ1) is 21.4. The van der Waals surface area contributed by atoms with Gasteiger partial charge in [-0.15, -0.1) is 0 Å². The van der Waals surface area contributed by atoms with Gasteiger partial charge in [0.2, 0.25) is 0 Å². The zero-order chi connectivity index (χ0) is 20.8. The van der Waals surface area contributed by atoms with E-state index < -0.39 is 0 Å². The van der Waals surface area contributed by atoms with Crippen LogP contribution < -0.4 is 15.4 Å². The molecule has 0 aliphatic heterocycles. The predicted octanol–water partition coefficient (Wildman–Crippen LogP) is 6.46. The second-order valence-corrected chi connectivity index (χ2v) is 8.47. The van der Waals surface area contributed by atoms with Gasteiger partial charge in [0.05, 0.1) is 8.95 Å². The Morgan fingerprint density at radius 3 is 2.38 bits per heavy atom. The van der Waals surface area contributed by atoms with Crippen LogP contribution in [0.15, 0.2) is 69.6 Å². The third-order valence-electron chi connectivity index (χ3n) is 4.34. The first-order chi connectivity index (χ1) is 13.9. The summed E-state index contributed by atoms with van der Waals surface area (Å²) in [7, 11) is 0. The number of carbonyl (C=O) groups is 1. The molecule has 0 spiro atoms. The van der Waals surface area contributed by atoms with E-state index in [0.29, 0.717) is 12.3 Å². The van der Waals surface area contributed by atoms with E-state index in [1.165, 1.54) is 5.56 Å². The summed E-state index contributed by atoms with van der Waals surface area (Å²) in [6, 6.07) is 19.8. The predicted molar refractivity (Wildman–Crippen MR) is 126 cm³/mol. The standard InChI is InChI=1S/C23H22Br2N2O2/c1-15-6-5-8-18(10-15)27-22(28)14-29-23-19(24)11-17(12-20(23)25)13-26-21-9-4-3-7-16(21)2/h3-12,26H,13-14H2,1-2H3,(H,27,28). The summed E-state index contributed by atoms with van der Waals surface area (Å²) in [5, 5.41) is 6.28. The van der Waals surface area contributed by atoms with Gasteiger partial charge in [-0.25, -0.2) is 0 Å². The molecule has 3 aromatic rings. The number of hydrogen-bond acceptors (Lipinski definition) is 3. The van der Waals surface area contributed by atoms with Crippen LogP contribution in [0.5, 0.6) is 5.75 Å². The maximum Gasteiger partial charge on any atom is 0.262 e. The molecule has 0 saturated heterocycles. The Morgan fingerprint density at radius 2 is 1.69 bits per heavy atom. The molecule has 29 heavy (non-hydrogen) atoms. The highest BCUT2D eigenvalue weighted by Gasteiger charge is 2.12. The number of para-hydroxylation sites is 1. The monoisotopic (exact) mass is 516 g/mol. The van der Waals surface area contributed by atoms with Crippen LogP contribution in [-0.4, -0.2) is 12.5 Å². The van der Waals surface area contributed by atoms with Crippen molar-refractivity contribution in [1.82, 2.24) is 0 Å². The van der Waals surface area contributed by atoms with Crippen molar-refractivity contribution < 1.29 is 9.53 Å². The molecule has 0 radical (unpaired) electrons. The minimum atomic E-state index is -0.209. The molecule has 0 atom stereocenters. The highest BCUT2D eigenvalue weighted by molar-refractivity contribution is 9.11. The molecular formula is C23H22Br2N2O2. The third kappa shape index (κ3) is 6.08. The van der Waals surface area contributed by atoms with Gasteiger partial charge >= 0.3 is 0 Å². The summed E-state index contributed by atoms with van der Waals surface area (Å²) in [5.41, 5.74) is 5.24. The molecule has 6 heteroatoms. The van der Waals surface area contributed by atoms with Crippen LogP contribution in [0.4, 0.5) is 11.4 Å². The fourth-order valence-corrected chi connectivity index (χ4v) is 4.39. The van der Waals surface area contributed by atoms with Gasteiger partial charge in [-0.2, -0.15) is 0 Å². The summed E-state index contributed by atoms with van der Waals surface area (Å²) >= 11 is 7.10. The second kappa shape index (κ2) is 9.94. The minimum absolute atomic E-state index is 0.0774. The third-order valence-corrected chi connectivity index (χ3v) is 5.51. The van der Waals surface area contributed by atoms with Gasteiger partial charge < -0.3 is 15.4 Å². The number of halogens is 2. The molecule has 0 saturated carbocycles. The van der Waals surface area contributed by atoms with Gasteiger partial charge in [0.25, 0.3) is 5.91 Å². The zero-order valence-corrected chi connectivity index (χ0v) is 19.4. The molecule has 0 unspecified atom stereocenters. The Balaban J connectivity index is 1.60. The van der Waals surface area contributed by atoms with Crippen molar-refractivity contribution in [2.75, 3.05) is 17.2 Å². The average Bonchev–Trinajstić information content (AvgIpc) is 2.66. The second-order valence-electron chi connectivity index (χ2n) is 6.76.